The topological polar surface area (TPSA) is 115 Å². The maximum atomic E-state index is 13.6. The molecule has 1 saturated carbocycles. The third kappa shape index (κ3) is 5.27. The zero-order valence-corrected chi connectivity index (χ0v) is 22.1. The normalized spacial score (nSPS) is 19.7. The van der Waals surface area contributed by atoms with Crippen LogP contribution in [0.4, 0.5) is 31.5 Å². The Bertz CT molecular complexity index is 1520. The minimum absolute atomic E-state index is 0.308. The van der Waals surface area contributed by atoms with Gasteiger partial charge in [0.05, 0.1) is 54.3 Å². The quantitative estimate of drug-likeness (QED) is 0.377. The Morgan fingerprint density at radius 2 is 1.69 bits per heavy atom. The minimum Gasteiger partial charge on any atom is -0.462 e. The molecule has 1 amide bonds. The van der Waals surface area contributed by atoms with Crippen LogP contribution in [0.5, 0.6) is 0 Å². The molecule has 0 atom stereocenters. The molecule has 3 aliphatic rings. The number of hydrogen-bond acceptors (Lipinski definition) is 7. The monoisotopic (exact) mass is 560 g/mol. The number of sulfonamides is 1. The van der Waals surface area contributed by atoms with E-state index in [1.165, 1.54) is 30.1 Å². The highest BCUT2D eigenvalue weighted by molar-refractivity contribution is 7.92. The molecule has 2 aliphatic heterocycles. The number of alkyl halides is 2. The van der Waals surface area contributed by atoms with Gasteiger partial charge in [0, 0.05) is 24.2 Å². The van der Waals surface area contributed by atoms with Gasteiger partial charge in [-0.1, -0.05) is 0 Å². The number of hydrogen-bond donors (Lipinski definition) is 3. The molecule has 3 N–H and O–H groups in total. The van der Waals surface area contributed by atoms with Crippen LogP contribution in [0.3, 0.4) is 0 Å². The molecule has 208 valence electrons. The van der Waals surface area contributed by atoms with E-state index in [1.807, 2.05) is 0 Å². The van der Waals surface area contributed by atoms with Crippen molar-refractivity contribution in [1.29, 1.82) is 0 Å². The summed E-state index contributed by atoms with van der Waals surface area (Å²) in [4.78, 5) is 17.2. The molecule has 39 heavy (non-hydrogen) atoms. The van der Waals surface area contributed by atoms with Crippen molar-refractivity contribution in [1.82, 2.24) is 0 Å². The molecular formula is C27H30F2N4O5S. The van der Waals surface area contributed by atoms with E-state index in [0.29, 0.717) is 44.7 Å². The number of furan rings is 1. The Labute approximate surface area is 224 Å². The number of nitrogens with zero attached hydrogens (tertiary/aromatic N) is 2. The van der Waals surface area contributed by atoms with E-state index < -0.39 is 47.3 Å². The summed E-state index contributed by atoms with van der Waals surface area (Å²) < 4.78 is 59.7. The van der Waals surface area contributed by atoms with Gasteiger partial charge in [0.1, 0.15) is 0 Å². The molecule has 6 rings (SSSR count). The first-order valence-electron chi connectivity index (χ1n) is 13.0. The fourth-order valence-electron chi connectivity index (χ4n) is 5.55. The number of aliphatic hydroxyl groups excluding tert-OH is 1. The standard InChI is InChI=1S/C27H30F2N4O5S/c28-27(29)16-33(17-27)23-15-20(13-18-3-11-38-24(18)23)30-25(35)21-2-1-19(31-39(36,37)12-10-34)14-22(21)32-8-6-26(4-5-26)7-9-32/h1-3,11,13-15,31,34H,4-10,12,16-17H2,(H,30,35). The van der Waals surface area contributed by atoms with Crippen molar-refractivity contribution in [3.63, 3.8) is 0 Å². The van der Waals surface area contributed by atoms with Gasteiger partial charge < -0.3 is 24.6 Å². The molecule has 0 radical (unpaired) electrons. The third-order valence-electron chi connectivity index (χ3n) is 7.97. The Morgan fingerprint density at radius 1 is 0.974 bits per heavy atom. The van der Waals surface area contributed by atoms with Gasteiger partial charge in [0.25, 0.3) is 11.8 Å². The van der Waals surface area contributed by atoms with Gasteiger partial charge in [-0.2, -0.15) is 0 Å². The molecule has 1 aromatic heterocycles. The number of halogens is 2. The number of rotatable bonds is 8. The Kier molecular flexibility index (Phi) is 6.22. The molecular weight excluding hydrogens is 530 g/mol. The van der Waals surface area contributed by atoms with Gasteiger partial charge in [-0.05, 0) is 67.5 Å². The number of nitrogens with one attached hydrogen (secondary N) is 2. The Morgan fingerprint density at radius 3 is 2.36 bits per heavy atom. The molecule has 3 fully saturated rings. The molecule has 3 heterocycles. The second-order valence-electron chi connectivity index (χ2n) is 10.9. The summed E-state index contributed by atoms with van der Waals surface area (Å²) in [6.07, 6.45) is 5.94. The van der Waals surface area contributed by atoms with E-state index in [0.717, 1.165) is 25.9 Å². The smallest absolute Gasteiger partial charge is 0.282 e. The van der Waals surface area contributed by atoms with E-state index in [-0.39, 0.29) is 0 Å². The van der Waals surface area contributed by atoms with Crippen LogP contribution >= 0.6 is 0 Å². The molecule has 9 nitrogen and oxygen atoms in total. The number of carbonyl (C=O) groups is 1. The van der Waals surface area contributed by atoms with Crippen LogP contribution in [0, 0.1) is 5.41 Å². The molecule has 0 unspecified atom stereocenters. The third-order valence-corrected chi connectivity index (χ3v) is 9.24. The van der Waals surface area contributed by atoms with Crippen molar-refractivity contribution in [2.45, 2.75) is 31.6 Å². The zero-order chi connectivity index (χ0) is 27.4. The van der Waals surface area contributed by atoms with Gasteiger partial charge in [-0.15, -0.1) is 0 Å². The maximum Gasteiger partial charge on any atom is 0.282 e. The number of fused-ring (bicyclic) bond motifs is 1. The number of aliphatic hydroxyl groups is 1. The second-order valence-corrected chi connectivity index (χ2v) is 12.7. The molecule has 1 aliphatic carbocycles. The highest BCUT2D eigenvalue weighted by atomic mass is 32.2. The van der Waals surface area contributed by atoms with Crippen molar-refractivity contribution in [3.05, 3.63) is 48.2 Å². The number of anilines is 4. The predicted octanol–water partition coefficient (Wildman–Crippen LogP) is 4.25. The van der Waals surface area contributed by atoms with E-state index in [9.17, 15) is 22.0 Å². The lowest BCUT2D eigenvalue weighted by Crippen LogP contribution is -2.56. The first-order chi connectivity index (χ1) is 18.6. The summed E-state index contributed by atoms with van der Waals surface area (Å²) in [6.45, 7) is 0.153. The number of piperidine rings is 1. The molecule has 0 bridgehead atoms. The van der Waals surface area contributed by atoms with Crippen molar-refractivity contribution < 1.29 is 31.5 Å². The number of carbonyl (C=O) groups excluding carboxylic acids is 1. The molecule has 12 heteroatoms. The first-order valence-corrected chi connectivity index (χ1v) is 14.7. The Hall–Kier alpha value is -3.38. The van der Waals surface area contributed by atoms with Crippen molar-refractivity contribution in [2.24, 2.45) is 5.41 Å². The lowest BCUT2D eigenvalue weighted by atomic mass is 9.93. The van der Waals surface area contributed by atoms with E-state index in [1.54, 1.807) is 30.3 Å². The van der Waals surface area contributed by atoms with Crippen LogP contribution in [-0.4, -0.2) is 63.9 Å². The Balaban J connectivity index is 1.29. The summed E-state index contributed by atoms with van der Waals surface area (Å²) in [5.41, 5.74) is 3.10. The van der Waals surface area contributed by atoms with Crippen LogP contribution < -0.4 is 19.8 Å². The minimum atomic E-state index is -3.74. The van der Waals surface area contributed by atoms with Crippen LogP contribution in [0.15, 0.2) is 47.1 Å². The van der Waals surface area contributed by atoms with Crippen molar-refractivity contribution in [2.75, 3.05) is 58.4 Å². The first kappa shape index (κ1) is 25.9. The van der Waals surface area contributed by atoms with Crippen LogP contribution in [0.25, 0.3) is 11.0 Å². The summed E-state index contributed by atoms with van der Waals surface area (Å²) in [5, 5.41) is 12.7. The van der Waals surface area contributed by atoms with Crippen molar-refractivity contribution >= 4 is 49.6 Å². The fourth-order valence-corrected chi connectivity index (χ4v) is 6.38. The molecule has 3 aromatic rings. The van der Waals surface area contributed by atoms with Gasteiger partial charge in [-0.3, -0.25) is 9.52 Å². The summed E-state index contributed by atoms with van der Waals surface area (Å²) in [6, 6.07) is 9.83. The molecule has 2 aromatic carbocycles. The van der Waals surface area contributed by atoms with Crippen LogP contribution in [0.2, 0.25) is 0 Å². The van der Waals surface area contributed by atoms with Gasteiger partial charge >= 0.3 is 0 Å². The lowest BCUT2D eigenvalue weighted by molar-refractivity contribution is -0.0261. The summed E-state index contributed by atoms with van der Waals surface area (Å²) in [5.74, 6) is -3.59. The average molecular weight is 561 g/mol. The number of benzene rings is 2. The highest BCUT2D eigenvalue weighted by Crippen LogP contribution is 2.54. The van der Waals surface area contributed by atoms with Crippen molar-refractivity contribution in [3.8, 4) is 0 Å². The largest absolute Gasteiger partial charge is 0.462 e. The fraction of sp³-hybridized carbons (Fsp3) is 0.444. The highest BCUT2D eigenvalue weighted by Gasteiger charge is 2.45. The van der Waals surface area contributed by atoms with Gasteiger partial charge in [-0.25, -0.2) is 17.2 Å². The number of amides is 1. The van der Waals surface area contributed by atoms with Crippen LogP contribution in [0.1, 0.15) is 36.0 Å². The summed E-state index contributed by atoms with van der Waals surface area (Å²) in [7, 11) is -3.74. The molecule has 2 saturated heterocycles. The zero-order valence-electron chi connectivity index (χ0n) is 21.3. The SMILES string of the molecule is O=C(Nc1cc(N2CC(F)(F)C2)c2occc2c1)c1ccc(NS(=O)(=O)CCO)cc1N1CCC2(CC1)CC2. The van der Waals surface area contributed by atoms with Gasteiger partial charge in [0.2, 0.25) is 10.0 Å². The average Bonchev–Trinajstić information content (AvgIpc) is 3.44. The van der Waals surface area contributed by atoms with E-state index in [2.05, 4.69) is 14.9 Å². The van der Waals surface area contributed by atoms with Gasteiger partial charge in [0.15, 0.2) is 5.58 Å². The van der Waals surface area contributed by atoms with E-state index >= 15 is 0 Å². The molecule has 1 spiro atoms. The van der Waals surface area contributed by atoms with Crippen LogP contribution in [-0.2, 0) is 10.0 Å². The maximum absolute atomic E-state index is 13.6. The lowest BCUT2D eigenvalue weighted by Gasteiger charge is -2.40. The summed E-state index contributed by atoms with van der Waals surface area (Å²) >= 11 is 0. The van der Waals surface area contributed by atoms with E-state index in [4.69, 9.17) is 9.52 Å². The second kappa shape index (κ2) is 9.37. The predicted molar refractivity (Wildman–Crippen MR) is 145 cm³/mol.